The van der Waals surface area contributed by atoms with Gasteiger partial charge in [0.1, 0.15) is 18.1 Å². The van der Waals surface area contributed by atoms with Crippen molar-refractivity contribution in [2.24, 2.45) is 0 Å². The average Bonchev–Trinajstić information content (AvgIpc) is 2.37. The zero-order valence-corrected chi connectivity index (χ0v) is 13.5. The number of ether oxygens (including phenoxy) is 2. The van der Waals surface area contributed by atoms with Crippen LogP contribution in [0.15, 0.2) is 12.1 Å². The molecule has 0 saturated heterocycles. The average molecular weight is 304 g/mol. The molecule has 1 rings (SSSR count). The largest absolute Gasteiger partial charge is 0.508 e. The van der Waals surface area contributed by atoms with Crippen LogP contribution in [0, 0.1) is 6.92 Å². The standard InChI is InChI=1S/C15H25NO3.ClH/c1-11(2)13-10-14(17)12(3)9-15(13)19-8-6-16-5-7-18-4;/h9-11,16-17H,5-8H2,1-4H3;1H. The second-order valence-corrected chi connectivity index (χ2v) is 4.92. The van der Waals surface area contributed by atoms with E-state index in [0.29, 0.717) is 24.9 Å². The Morgan fingerprint density at radius 2 is 1.85 bits per heavy atom. The lowest BCUT2D eigenvalue weighted by atomic mass is 10.00. The van der Waals surface area contributed by atoms with E-state index in [1.807, 2.05) is 13.0 Å². The fourth-order valence-electron chi connectivity index (χ4n) is 1.79. The summed E-state index contributed by atoms with van der Waals surface area (Å²) in [4.78, 5) is 0. The quantitative estimate of drug-likeness (QED) is 0.725. The number of aromatic hydroxyl groups is 1. The number of benzene rings is 1. The molecule has 0 unspecified atom stereocenters. The Morgan fingerprint density at radius 3 is 2.45 bits per heavy atom. The van der Waals surface area contributed by atoms with Gasteiger partial charge in [-0.05, 0) is 30.5 Å². The van der Waals surface area contributed by atoms with Crippen molar-refractivity contribution in [2.45, 2.75) is 26.7 Å². The van der Waals surface area contributed by atoms with E-state index in [1.54, 1.807) is 13.2 Å². The van der Waals surface area contributed by atoms with E-state index in [-0.39, 0.29) is 12.4 Å². The van der Waals surface area contributed by atoms with Crippen LogP contribution >= 0.6 is 12.4 Å². The van der Waals surface area contributed by atoms with Gasteiger partial charge in [0.2, 0.25) is 0 Å². The van der Waals surface area contributed by atoms with Crippen LogP contribution in [-0.2, 0) is 4.74 Å². The van der Waals surface area contributed by atoms with E-state index in [0.717, 1.165) is 30.0 Å². The van der Waals surface area contributed by atoms with Crippen molar-refractivity contribution in [1.82, 2.24) is 5.32 Å². The first-order valence-corrected chi connectivity index (χ1v) is 6.72. The third-order valence-electron chi connectivity index (χ3n) is 2.97. The first kappa shape index (κ1) is 19.0. The normalized spacial score (nSPS) is 10.4. The SMILES string of the molecule is COCCNCCOc1cc(C)c(O)cc1C(C)C.Cl. The van der Waals surface area contributed by atoms with Gasteiger partial charge >= 0.3 is 0 Å². The number of halogens is 1. The summed E-state index contributed by atoms with van der Waals surface area (Å²) in [7, 11) is 1.69. The lowest BCUT2D eigenvalue weighted by Crippen LogP contribution is -2.24. The molecule has 0 spiro atoms. The van der Waals surface area contributed by atoms with Gasteiger partial charge < -0.3 is 19.9 Å². The highest BCUT2D eigenvalue weighted by atomic mass is 35.5. The highest BCUT2D eigenvalue weighted by Gasteiger charge is 2.11. The van der Waals surface area contributed by atoms with Gasteiger partial charge in [-0.25, -0.2) is 0 Å². The first-order chi connectivity index (χ1) is 9.06. The summed E-state index contributed by atoms with van der Waals surface area (Å²) in [6.07, 6.45) is 0. The molecule has 0 aromatic heterocycles. The number of methoxy groups -OCH3 is 1. The van der Waals surface area contributed by atoms with E-state index in [4.69, 9.17) is 9.47 Å². The van der Waals surface area contributed by atoms with Gasteiger partial charge in [0.15, 0.2) is 0 Å². The summed E-state index contributed by atoms with van der Waals surface area (Å²) in [5, 5.41) is 13.0. The van der Waals surface area contributed by atoms with Crippen molar-refractivity contribution in [1.29, 1.82) is 0 Å². The minimum atomic E-state index is 0. The monoisotopic (exact) mass is 303 g/mol. The lowest BCUT2D eigenvalue weighted by molar-refractivity contribution is 0.196. The van der Waals surface area contributed by atoms with E-state index < -0.39 is 0 Å². The molecular formula is C15H26ClNO3. The summed E-state index contributed by atoms with van der Waals surface area (Å²) >= 11 is 0. The molecule has 0 aliphatic heterocycles. The zero-order chi connectivity index (χ0) is 14.3. The number of phenolic OH excluding ortho intramolecular Hbond substituents is 1. The molecule has 5 heteroatoms. The molecule has 2 N–H and O–H groups in total. The van der Waals surface area contributed by atoms with E-state index in [9.17, 15) is 5.11 Å². The van der Waals surface area contributed by atoms with Crippen molar-refractivity contribution < 1.29 is 14.6 Å². The van der Waals surface area contributed by atoms with Gasteiger partial charge in [-0.15, -0.1) is 12.4 Å². The van der Waals surface area contributed by atoms with Crippen molar-refractivity contribution in [3.63, 3.8) is 0 Å². The molecule has 1 aromatic rings. The van der Waals surface area contributed by atoms with E-state index in [1.165, 1.54) is 0 Å². The van der Waals surface area contributed by atoms with Crippen molar-refractivity contribution in [2.75, 3.05) is 33.4 Å². The van der Waals surface area contributed by atoms with Crippen molar-refractivity contribution in [3.8, 4) is 11.5 Å². The number of aryl methyl sites for hydroxylation is 1. The second kappa shape index (κ2) is 9.86. The highest BCUT2D eigenvalue weighted by molar-refractivity contribution is 5.85. The zero-order valence-electron chi connectivity index (χ0n) is 12.7. The number of nitrogens with one attached hydrogen (secondary N) is 1. The van der Waals surface area contributed by atoms with Crippen molar-refractivity contribution in [3.05, 3.63) is 23.3 Å². The summed E-state index contributed by atoms with van der Waals surface area (Å²) in [5.41, 5.74) is 1.88. The van der Waals surface area contributed by atoms with Crippen LogP contribution in [0.2, 0.25) is 0 Å². The molecule has 0 heterocycles. The first-order valence-electron chi connectivity index (χ1n) is 6.72. The Hall–Kier alpha value is -0.970. The van der Waals surface area contributed by atoms with Crippen LogP contribution in [0.5, 0.6) is 11.5 Å². The molecule has 1 aromatic carbocycles. The molecule has 0 saturated carbocycles. The van der Waals surface area contributed by atoms with Gasteiger partial charge in [0.25, 0.3) is 0 Å². The van der Waals surface area contributed by atoms with Crippen LogP contribution in [-0.4, -0.2) is 38.5 Å². The molecule has 0 radical (unpaired) electrons. The smallest absolute Gasteiger partial charge is 0.123 e. The Labute approximate surface area is 127 Å². The molecule has 0 aliphatic rings. The van der Waals surface area contributed by atoms with E-state index >= 15 is 0 Å². The predicted octanol–water partition coefficient (Wildman–Crippen LogP) is 2.86. The van der Waals surface area contributed by atoms with Gasteiger partial charge in [0.05, 0.1) is 6.61 Å². The minimum absolute atomic E-state index is 0. The van der Waals surface area contributed by atoms with E-state index in [2.05, 4.69) is 19.2 Å². The molecule has 0 atom stereocenters. The Kier molecular flexibility index (Phi) is 9.38. The molecule has 116 valence electrons. The molecule has 0 bridgehead atoms. The molecule has 0 amide bonds. The fraction of sp³-hybridized carbons (Fsp3) is 0.600. The summed E-state index contributed by atoms with van der Waals surface area (Å²) in [6, 6.07) is 3.70. The maximum Gasteiger partial charge on any atom is 0.123 e. The molecule has 20 heavy (non-hydrogen) atoms. The Morgan fingerprint density at radius 1 is 1.20 bits per heavy atom. The third-order valence-corrected chi connectivity index (χ3v) is 2.97. The fourth-order valence-corrected chi connectivity index (χ4v) is 1.79. The van der Waals surface area contributed by atoms with Crippen LogP contribution in [0.3, 0.4) is 0 Å². The highest BCUT2D eigenvalue weighted by Crippen LogP contribution is 2.32. The molecule has 0 aliphatic carbocycles. The maximum absolute atomic E-state index is 9.76. The maximum atomic E-state index is 9.76. The topological polar surface area (TPSA) is 50.7 Å². The summed E-state index contributed by atoms with van der Waals surface area (Å²) in [6.45, 7) is 8.97. The van der Waals surface area contributed by atoms with Crippen LogP contribution in [0.4, 0.5) is 0 Å². The molecule has 4 nitrogen and oxygen atoms in total. The van der Waals surface area contributed by atoms with Gasteiger partial charge in [-0.1, -0.05) is 13.8 Å². The molecule has 0 fully saturated rings. The number of rotatable bonds is 8. The van der Waals surface area contributed by atoms with Gasteiger partial charge in [0, 0.05) is 25.8 Å². The number of hydrogen-bond donors (Lipinski definition) is 2. The van der Waals surface area contributed by atoms with Crippen molar-refractivity contribution >= 4 is 12.4 Å². The molecular weight excluding hydrogens is 278 g/mol. The Balaban J connectivity index is 0.00000361. The van der Waals surface area contributed by atoms with Gasteiger partial charge in [-0.3, -0.25) is 0 Å². The summed E-state index contributed by atoms with van der Waals surface area (Å²) < 4.78 is 10.8. The van der Waals surface area contributed by atoms with Gasteiger partial charge in [-0.2, -0.15) is 0 Å². The Bertz CT molecular complexity index is 397. The minimum Gasteiger partial charge on any atom is -0.508 e. The summed E-state index contributed by atoms with van der Waals surface area (Å²) in [5.74, 6) is 1.51. The number of hydrogen-bond acceptors (Lipinski definition) is 4. The second-order valence-electron chi connectivity index (χ2n) is 4.92. The van der Waals surface area contributed by atoms with Crippen LogP contribution < -0.4 is 10.1 Å². The lowest BCUT2D eigenvalue weighted by Gasteiger charge is -2.16. The predicted molar refractivity (Wildman–Crippen MR) is 84.4 cm³/mol. The number of phenols is 1. The van der Waals surface area contributed by atoms with Crippen LogP contribution in [0.1, 0.15) is 30.9 Å². The van der Waals surface area contributed by atoms with Crippen LogP contribution in [0.25, 0.3) is 0 Å². The third kappa shape index (κ3) is 5.99.